The maximum absolute atomic E-state index is 13.2. The lowest BCUT2D eigenvalue weighted by molar-refractivity contribution is 0.102. The molecule has 3 aromatic rings. The van der Waals surface area contributed by atoms with Crippen LogP contribution in [0.15, 0.2) is 48.5 Å². The van der Waals surface area contributed by atoms with Crippen LogP contribution in [0, 0.1) is 19.7 Å². The summed E-state index contributed by atoms with van der Waals surface area (Å²) in [6, 6.07) is 14.2. The highest BCUT2D eigenvalue weighted by molar-refractivity contribution is 8.16. The van der Waals surface area contributed by atoms with Crippen LogP contribution < -0.4 is 5.32 Å². The van der Waals surface area contributed by atoms with Crippen molar-refractivity contribution in [3.05, 3.63) is 76.9 Å². The average Bonchev–Trinajstić information content (AvgIpc) is 3.03. The maximum atomic E-state index is 13.2. The van der Waals surface area contributed by atoms with Crippen molar-refractivity contribution in [1.29, 1.82) is 0 Å². The first-order valence-corrected chi connectivity index (χ1v) is 11.6. The number of carbonyl (C=O) groups is 1. The third-order valence-electron chi connectivity index (χ3n) is 4.83. The second-order valence-corrected chi connectivity index (χ2v) is 9.67. The van der Waals surface area contributed by atoms with Gasteiger partial charge in [-0.1, -0.05) is 12.1 Å². The van der Waals surface area contributed by atoms with Crippen molar-refractivity contribution in [2.75, 3.05) is 16.8 Å². The molecule has 7 heteroatoms. The fourth-order valence-corrected chi connectivity index (χ4v) is 6.32. The van der Waals surface area contributed by atoms with Gasteiger partial charge in [0.2, 0.25) is 0 Å². The summed E-state index contributed by atoms with van der Waals surface area (Å²) in [6.07, 6.45) is 1.25. The summed E-state index contributed by atoms with van der Waals surface area (Å²) in [5, 5.41) is 7.51. The number of rotatable bonds is 4. The van der Waals surface area contributed by atoms with Crippen molar-refractivity contribution < 1.29 is 9.18 Å². The first kappa shape index (κ1) is 20.0. The molecule has 29 heavy (non-hydrogen) atoms. The van der Waals surface area contributed by atoms with E-state index in [2.05, 4.69) is 22.5 Å². The molecule has 1 saturated heterocycles. The van der Waals surface area contributed by atoms with Crippen molar-refractivity contribution in [1.82, 2.24) is 9.78 Å². The monoisotopic (exact) mass is 427 g/mol. The number of amides is 1. The zero-order valence-corrected chi connectivity index (χ0v) is 17.9. The topological polar surface area (TPSA) is 46.9 Å². The molecule has 1 fully saturated rings. The fourth-order valence-electron chi connectivity index (χ4n) is 3.44. The lowest BCUT2D eigenvalue weighted by atomic mass is 10.1. The Morgan fingerprint density at radius 1 is 1.14 bits per heavy atom. The van der Waals surface area contributed by atoms with Crippen LogP contribution in [0.2, 0.25) is 0 Å². The Kier molecular flexibility index (Phi) is 5.96. The van der Waals surface area contributed by atoms with E-state index in [0.29, 0.717) is 15.8 Å². The molecule has 1 N–H and O–H groups in total. The van der Waals surface area contributed by atoms with E-state index in [1.165, 1.54) is 35.6 Å². The van der Waals surface area contributed by atoms with Crippen LogP contribution in [0.3, 0.4) is 0 Å². The molecule has 0 unspecified atom stereocenters. The van der Waals surface area contributed by atoms with Gasteiger partial charge in [-0.2, -0.15) is 5.10 Å². The smallest absolute Gasteiger partial charge is 0.259 e. The van der Waals surface area contributed by atoms with E-state index in [9.17, 15) is 9.18 Å². The lowest BCUT2D eigenvalue weighted by Gasteiger charge is -2.21. The molecule has 0 saturated carbocycles. The van der Waals surface area contributed by atoms with Gasteiger partial charge in [-0.25, -0.2) is 9.07 Å². The number of aryl methyl sites for hydroxylation is 1. The second-order valence-electron chi connectivity index (χ2n) is 6.94. The number of benzene rings is 2. The van der Waals surface area contributed by atoms with Gasteiger partial charge in [-0.15, -0.1) is 23.5 Å². The largest absolute Gasteiger partial charge is 0.322 e. The third kappa shape index (κ3) is 4.36. The number of hydrogen-bond donors (Lipinski definition) is 1. The van der Waals surface area contributed by atoms with Crippen LogP contribution in [0.5, 0.6) is 0 Å². The predicted octanol–water partition coefficient (Wildman–Crippen LogP) is 5.75. The summed E-state index contributed by atoms with van der Waals surface area (Å²) < 4.78 is 15.3. The minimum absolute atomic E-state index is 0.186. The quantitative estimate of drug-likeness (QED) is 0.576. The highest BCUT2D eigenvalue weighted by atomic mass is 32.2. The van der Waals surface area contributed by atoms with E-state index < -0.39 is 0 Å². The van der Waals surface area contributed by atoms with Crippen molar-refractivity contribution in [2.45, 2.75) is 24.9 Å². The molecule has 0 radical (unpaired) electrons. The Labute approximate surface area is 178 Å². The molecule has 0 spiro atoms. The normalized spacial score (nSPS) is 14.7. The number of nitrogens with one attached hydrogen (secondary N) is 1. The number of hydrogen-bond acceptors (Lipinski definition) is 4. The number of anilines is 1. The van der Waals surface area contributed by atoms with Crippen molar-refractivity contribution in [2.24, 2.45) is 0 Å². The molecular weight excluding hydrogens is 405 g/mol. The van der Waals surface area contributed by atoms with Crippen LogP contribution in [0.25, 0.3) is 5.69 Å². The summed E-state index contributed by atoms with van der Waals surface area (Å²) in [5.74, 6) is 1.86. The van der Waals surface area contributed by atoms with Gasteiger partial charge in [-0.3, -0.25) is 4.79 Å². The van der Waals surface area contributed by atoms with Crippen LogP contribution >= 0.6 is 23.5 Å². The van der Waals surface area contributed by atoms with Crippen LogP contribution in [-0.4, -0.2) is 27.2 Å². The van der Waals surface area contributed by atoms with E-state index in [4.69, 9.17) is 0 Å². The third-order valence-corrected chi connectivity index (χ3v) is 7.85. The van der Waals surface area contributed by atoms with Gasteiger partial charge < -0.3 is 5.32 Å². The summed E-state index contributed by atoms with van der Waals surface area (Å²) in [7, 11) is 0. The Hall–Kier alpha value is -2.25. The molecule has 0 atom stereocenters. The average molecular weight is 428 g/mol. The predicted molar refractivity (Wildman–Crippen MR) is 120 cm³/mol. The zero-order valence-electron chi connectivity index (χ0n) is 16.3. The summed E-state index contributed by atoms with van der Waals surface area (Å²) in [5.41, 5.74) is 4.64. The molecule has 0 aliphatic carbocycles. The lowest BCUT2D eigenvalue weighted by Crippen LogP contribution is -2.14. The van der Waals surface area contributed by atoms with E-state index in [0.717, 1.165) is 17.1 Å². The SMILES string of the molecule is Cc1nn(-c2ccc(F)cc2)c(C)c1C(=O)Nc1cccc(C2SCCCS2)c1. The van der Waals surface area contributed by atoms with Gasteiger partial charge in [-0.05, 0) is 73.7 Å². The highest BCUT2D eigenvalue weighted by Gasteiger charge is 2.21. The number of carbonyl (C=O) groups excluding carboxylic acids is 1. The minimum atomic E-state index is -0.303. The summed E-state index contributed by atoms with van der Waals surface area (Å²) >= 11 is 3.91. The number of aromatic nitrogens is 2. The molecular formula is C22H22FN3OS2. The highest BCUT2D eigenvalue weighted by Crippen LogP contribution is 2.44. The van der Waals surface area contributed by atoms with Gasteiger partial charge in [0.15, 0.2) is 0 Å². The summed E-state index contributed by atoms with van der Waals surface area (Å²) in [6.45, 7) is 3.66. The molecule has 1 aliphatic rings. The molecule has 4 rings (SSSR count). The van der Waals surface area contributed by atoms with E-state index in [-0.39, 0.29) is 11.7 Å². The minimum Gasteiger partial charge on any atom is -0.322 e. The van der Waals surface area contributed by atoms with Gasteiger partial charge >= 0.3 is 0 Å². The van der Waals surface area contributed by atoms with Gasteiger partial charge in [0, 0.05) is 5.69 Å². The Balaban J connectivity index is 1.57. The van der Waals surface area contributed by atoms with E-state index >= 15 is 0 Å². The first-order valence-electron chi connectivity index (χ1n) is 9.49. The fraction of sp³-hybridized carbons (Fsp3) is 0.273. The zero-order chi connectivity index (χ0) is 20.4. The molecule has 1 amide bonds. The van der Waals surface area contributed by atoms with Gasteiger partial charge in [0.1, 0.15) is 5.82 Å². The Morgan fingerprint density at radius 3 is 2.59 bits per heavy atom. The number of nitrogens with zero attached hydrogens (tertiary/aromatic N) is 2. The molecule has 2 aromatic carbocycles. The summed E-state index contributed by atoms with van der Waals surface area (Å²) in [4.78, 5) is 13.0. The maximum Gasteiger partial charge on any atom is 0.259 e. The first-order chi connectivity index (χ1) is 14.0. The standard InChI is InChI=1S/C22H22FN3OS2/c1-14-20(15(2)26(25-14)19-9-7-17(23)8-10-19)21(27)24-18-6-3-5-16(13-18)22-28-11-4-12-29-22/h3,5-10,13,22H,4,11-12H2,1-2H3,(H,24,27). The number of thioether (sulfide) groups is 2. The van der Waals surface area contributed by atoms with Crippen molar-refractivity contribution >= 4 is 35.1 Å². The van der Waals surface area contributed by atoms with Crippen molar-refractivity contribution in [3.8, 4) is 5.69 Å². The molecule has 0 bridgehead atoms. The molecule has 1 aromatic heterocycles. The molecule has 1 aliphatic heterocycles. The van der Waals surface area contributed by atoms with Gasteiger partial charge in [0.05, 0.1) is 27.2 Å². The Bertz CT molecular complexity index is 1030. The molecule has 4 nitrogen and oxygen atoms in total. The van der Waals surface area contributed by atoms with Crippen LogP contribution in [0.1, 0.15) is 38.3 Å². The second kappa shape index (κ2) is 8.63. The van der Waals surface area contributed by atoms with Crippen LogP contribution in [0.4, 0.5) is 10.1 Å². The molecule has 2 heterocycles. The Morgan fingerprint density at radius 2 is 1.86 bits per heavy atom. The number of halogens is 1. The van der Waals surface area contributed by atoms with Gasteiger partial charge in [0.25, 0.3) is 5.91 Å². The van der Waals surface area contributed by atoms with Crippen LogP contribution in [-0.2, 0) is 0 Å². The van der Waals surface area contributed by atoms with Crippen molar-refractivity contribution in [3.63, 3.8) is 0 Å². The van der Waals surface area contributed by atoms with E-state index in [1.807, 2.05) is 49.5 Å². The van der Waals surface area contributed by atoms with E-state index in [1.54, 1.807) is 16.8 Å². The molecule has 150 valence electrons.